The Balaban J connectivity index is 2.52. The van der Waals surface area contributed by atoms with Crippen LogP contribution in [-0.2, 0) is 0 Å². The second kappa shape index (κ2) is 9.28. The maximum absolute atomic E-state index is 5.69. The Hall–Kier alpha value is 0.350. The normalized spacial score (nSPS) is 12.7. The average Bonchev–Trinajstić information content (AvgIpc) is 2.37. The SMILES string of the molecule is CCCCCCCC(NN)c1cc(I)ccc1Br. The Bertz CT molecular complexity index is 358. The van der Waals surface area contributed by atoms with E-state index >= 15 is 0 Å². The van der Waals surface area contributed by atoms with Crippen molar-refractivity contribution < 1.29 is 0 Å². The van der Waals surface area contributed by atoms with Gasteiger partial charge in [-0.15, -0.1) is 0 Å². The van der Waals surface area contributed by atoms with Gasteiger partial charge >= 0.3 is 0 Å². The lowest BCUT2D eigenvalue weighted by Gasteiger charge is -2.18. The van der Waals surface area contributed by atoms with Gasteiger partial charge in [0.25, 0.3) is 0 Å². The zero-order valence-corrected chi connectivity index (χ0v) is 14.6. The molecule has 1 atom stereocenters. The van der Waals surface area contributed by atoms with Crippen molar-refractivity contribution in [2.75, 3.05) is 0 Å². The van der Waals surface area contributed by atoms with E-state index in [-0.39, 0.29) is 6.04 Å². The molecule has 1 aromatic carbocycles. The second-order valence-corrected chi connectivity index (χ2v) is 6.69. The highest BCUT2D eigenvalue weighted by Gasteiger charge is 2.12. The van der Waals surface area contributed by atoms with Crippen molar-refractivity contribution in [2.45, 2.75) is 51.5 Å². The monoisotopic (exact) mass is 424 g/mol. The first-order valence-corrected chi connectivity index (χ1v) is 8.47. The molecule has 0 fully saturated rings. The van der Waals surface area contributed by atoms with Gasteiger partial charge in [0.2, 0.25) is 0 Å². The minimum absolute atomic E-state index is 0.246. The predicted molar refractivity (Wildman–Crippen MR) is 90.3 cm³/mol. The van der Waals surface area contributed by atoms with Crippen LogP contribution in [0.4, 0.5) is 0 Å². The van der Waals surface area contributed by atoms with Crippen LogP contribution in [0.2, 0.25) is 0 Å². The van der Waals surface area contributed by atoms with E-state index in [1.165, 1.54) is 41.2 Å². The molecule has 1 aromatic rings. The number of unbranched alkanes of at least 4 members (excludes halogenated alkanes) is 4. The zero-order chi connectivity index (χ0) is 13.4. The molecule has 0 heterocycles. The Morgan fingerprint density at radius 3 is 2.67 bits per heavy atom. The van der Waals surface area contributed by atoms with E-state index in [4.69, 9.17) is 5.84 Å². The Kier molecular flexibility index (Phi) is 8.46. The molecule has 0 spiro atoms. The minimum Gasteiger partial charge on any atom is -0.271 e. The van der Waals surface area contributed by atoms with Crippen molar-refractivity contribution in [1.82, 2.24) is 5.43 Å². The number of hydrazine groups is 1. The van der Waals surface area contributed by atoms with Gasteiger partial charge in [-0.05, 0) is 52.8 Å². The van der Waals surface area contributed by atoms with Crippen LogP contribution in [0.3, 0.4) is 0 Å². The van der Waals surface area contributed by atoms with Crippen LogP contribution >= 0.6 is 38.5 Å². The van der Waals surface area contributed by atoms with Gasteiger partial charge < -0.3 is 0 Å². The standard InChI is InChI=1S/C14H22BrIN2/c1-2-3-4-5-6-7-14(18-17)12-10-11(16)8-9-13(12)15/h8-10,14,18H,2-7,17H2,1H3. The van der Waals surface area contributed by atoms with E-state index in [0.29, 0.717) is 0 Å². The molecule has 0 saturated heterocycles. The van der Waals surface area contributed by atoms with Crippen LogP contribution in [0.1, 0.15) is 57.1 Å². The molecule has 0 aliphatic rings. The summed E-state index contributed by atoms with van der Waals surface area (Å²) in [5.41, 5.74) is 4.21. The molecule has 3 N–H and O–H groups in total. The maximum Gasteiger partial charge on any atom is 0.0471 e. The molecule has 2 nitrogen and oxygen atoms in total. The van der Waals surface area contributed by atoms with Gasteiger partial charge in [-0.25, -0.2) is 0 Å². The average molecular weight is 425 g/mol. The molecule has 0 aliphatic carbocycles. The molecule has 0 aliphatic heterocycles. The third-order valence-electron chi connectivity index (χ3n) is 3.13. The van der Waals surface area contributed by atoms with Gasteiger partial charge in [-0.2, -0.15) is 0 Å². The van der Waals surface area contributed by atoms with Crippen molar-refractivity contribution in [3.63, 3.8) is 0 Å². The van der Waals surface area contributed by atoms with Crippen molar-refractivity contribution in [1.29, 1.82) is 0 Å². The first-order chi connectivity index (χ1) is 8.69. The van der Waals surface area contributed by atoms with Crippen molar-refractivity contribution >= 4 is 38.5 Å². The van der Waals surface area contributed by atoms with Crippen LogP contribution < -0.4 is 11.3 Å². The zero-order valence-electron chi connectivity index (χ0n) is 10.9. The number of nitrogens with one attached hydrogen (secondary N) is 1. The molecule has 1 rings (SSSR count). The lowest BCUT2D eigenvalue weighted by Crippen LogP contribution is -2.28. The third kappa shape index (κ3) is 5.55. The summed E-state index contributed by atoms with van der Waals surface area (Å²) in [6.07, 6.45) is 7.59. The van der Waals surface area contributed by atoms with Gasteiger partial charge in [0, 0.05) is 14.1 Å². The molecular formula is C14H22BrIN2. The number of halogens is 2. The number of nitrogens with two attached hydrogens (primary N) is 1. The van der Waals surface area contributed by atoms with Gasteiger partial charge in [-0.3, -0.25) is 11.3 Å². The van der Waals surface area contributed by atoms with Gasteiger partial charge in [-0.1, -0.05) is 55.0 Å². The Labute approximate surface area is 132 Å². The number of hydrogen-bond donors (Lipinski definition) is 2. The molecular weight excluding hydrogens is 403 g/mol. The van der Waals surface area contributed by atoms with E-state index in [1.54, 1.807) is 0 Å². The highest BCUT2D eigenvalue weighted by atomic mass is 127. The summed E-state index contributed by atoms with van der Waals surface area (Å²) in [5, 5.41) is 0. The lowest BCUT2D eigenvalue weighted by atomic mass is 10.0. The van der Waals surface area contributed by atoms with Crippen LogP contribution in [0.15, 0.2) is 22.7 Å². The van der Waals surface area contributed by atoms with E-state index < -0.39 is 0 Å². The van der Waals surface area contributed by atoms with E-state index in [2.05, 4.69) is 69.1 Å². The number of benzene rings is 1. The fraction of sp³-hybridized carbons (Fsp3) is 0.571. The molecule has 0 amide bonds. The molecule has 1 unspecified atom stereocenters. The topological polar surface area (TPSA) is 38.0 Å². The lowest BCUT2D eigenvalue weighted by molar-refractivity contribution is 0.477. The van der Waals surface area contributed by atoms with Crippen LogP contribution in [-0.4, -0.2) is 0 Å². The fourth-order valence-electron chi connectivity index (χ4n) is 2.06. The first kappa shape index (κ1) is 16.4. The van der Waals surface area contributed by atoms with E-state index in [0.717, 1.165) is 10.9 Å². The van der Waals surface area contributed by atoms with Crippen LogP contribution in [0.5, 0.6) is 0 Å². The van der Waals surface area contributed by atoms with Gasteiger partial charge in [0.1, 0.15) is 0 Å². The third-order valence-corrected chi connectivity index (χ3v) is 4.52. The molecule has 18 heavy (non-hydrogen) atoms. The first-order valence-electron chi connectivity index (χ1n) is 6.60. The summed E-state index contributed by atoms with van der Waals surface area (Å²) >= 11 is 5.95. The maximum atomic E-state index is 5.69. The quantitative estimate of drug-likeness (QED) is 0.269. The molecule has 0 bridgehead atoms. The fourth-order valence-corrected chi connectivity index (χ4v) is 3.10. The molecule has 4 heteroatoms. The van der Waals surface area contributed by atoms with Crippen molar-refractivity contribution in [2.24, 2.45) is 5.84 Å². The van der Waals surface area contributed by atoms with Crippen LogP contribution in [0.25, 0.3) is 0 Å². The summed E-state index contributed by atoms with van der Waals surface area (Å²) in [4.78, 5) is 0. The Morgan fingerprint density at radius 1 is 1.28 bits per heavy atom. The molecule has 0 aromatic heterocycles. The largest absolute Gasteiger partial charge is 0.271 e. The van der Waals surface area contributed by atoms with Gasteiger partial charge in [0.15, 0.2) is 0 Å². The van der Waals surface area contributed by atoms with E-state index in [9.17, 15) is 0 Å². The summed E-state index contributed by atoms with van der Waals surface area (Å²) in [7, 11) is 0. The highest BCUT2D eigenvalue weighted by molar-refractivity contribution is 14.1. The molecule has 102 valence electrons. The van der Waals surface area contributed by atoms with E-state index in [1.807, 2.05) is 0 Å². The summed E-state index contributed by atoms with van der Waals surface area (Å²) < 4.78 is 2.39. The molecule has 0 saturated carbocycles. The smallest absolute Gasteiger partial charge is 0.0471 e. The van der Waals surface area contributed by atoms with Crippen molar-refractivity contribution in [3.8, 4) is 0 Å². The summed E-state index contributed by atoms with van der Waals surface area (Å²) in [5.74, 6) is 5.69. The number of rotatable bonds is 8. The molecule has 0 radical (unpaired) electrons. The highest BCUT2D eigenvalue weighted by Crippen LogP contribution is 2.28. The van der Waals surface area contributed by atoms with Gasteiger partial charge in [0.05, 0.1) is 0 Å². The Morgan fingerprint density at radius 2 is 2.00 bits per heavy atom. The second-order valence-electron chi connectivity index (χ2n) is 4.59. The summed E-state index contributed by atoms with van der Waals surface area (Å²) in [6.45, 7) is 2.24. The number of hydrogen-bond acceptors (Lipinski definition) is 2. The van der Waals surface area contributed by atoms with Crippen molar-refractivity contribution in [3.05, 3.63) is 31.8 Å². The van der Waals surface area contributed by atoms with Crippen LogP contribution in [0, 0.1) is 3.57 Å². The predicted octanol–water partition coefficient (Wildman–Crippen LogP) is 4.92. The minimum atomic E-state index is 0.246. The summed E-state index contributed by atoms with van der Waals surface area (Å²) in [6, 6.07) is 6.64.